The van der Waals surface area contributed by atoms with Crippen molar-refractivity contribution in [2.45, 2.75) is 17.5 Å². The molecule has 6 rings (SSSR count). The van der Waals surface area contributed by atoms with Gasteiger partial charge in [0.05, 0.1) is 17.5 Å². The molecule has 7 N–H and O–H groups in total. The van der Waals surface area contributed by atoms with E-state index in [1.165, 1.54) is 55.4 Å². The molecular weight excluding hydrogens is 695 g/mol. The van der Waals surface area contributed by atoms with Gasteiger partial charge in [-0.3, -0.25) is 24.1 Å². The lowest BCUT2D eigenvalue weighted by Gasteiger charge is -2.49. The van der Waals surface area contributed by atoms with Crippen LogP contribution in [0.4, 0.5) is 10.5 Å². The third-order valence-corrected chi connectivity index (χ3v) is 9.46. The van der Waals surface area contributed by atoms with Crippen LogP contribution in [0, 0.1) is 0 Å². The van der Waals surface area contributed by atoms with E-state index >= 15 is 0 Å². The molecule has 5 amide bonds. The Balaban J connectivity index is 1.29. The first kappa shape index (κ1) is 33.7. The maximum absolute atomic E-state index is 13.9. The standard InChI is InChI=1S/C29H25N11O8S2/c1-39-23(36-37-38-39)22(49)14-10-50-27-19(26(44)40(27)20(14)28(45)46)35-25(43)17(11-4-3-5-12(8-11)32-29(30)47)34-24(42)13-9-31-15-6-7-16(48-2)33-18(15)21(13)41/h3-9,17,19,27H,10H2,1-2H3,(H,31,41)(H,34,42)(H,35,43)(H,45,46)(H3,30,32,47)/t17?,19?,27-/m0/s1. The van der Waals surface area contributed by atoms with Crippen molar-refractivity contribution in [3.8, 4) is 5.88 Å². The molecule has 256 valence electrons. The number of carbonyl (C=O) groups is 5. The number of primary amides is 1. The lowest BCUT2D eigenvalue weighted by atomic mass is 9.99. The first-order valence-electron chi connectivity index (χ1n) is 14.4. The number of ether oxygens (including phenoxy) is 1. The summed E-state index contributed by atoms with van der Waals surface area (Å²) in [7, 11) is 2.89. The molecule has 2 aliphatic rings. The Morgan fingerprint density at radius 1 is 1.20 bits per heavy atom. The lowest BCUT2D eigenvalue weighted by Crippen LogP contribution is -2.71. The molecule has 4 aromatic rings. The Kier molecular flexibility index (Phi) is 8.99. The van der Waals surface area contributed by atoms with Gasteiger partial charge >= 0.3 is 12.0 Å². The molecule has 0 aliphatic carbocycles. The average molecular weight is 720 g/mol. The molecule has 2 aliphatic heterocycles. The molecule has 1 aromatic carbocycles. The van der Waals surface area contributed by atoms with Crippen LogP contribution < -0.4 is 31.8 Å². The number of aromatic nitrogens is 6. The van der Waals surface area contributed by atoms with E-state index in [4.69, 9.17) is 22.7 Å². The van der Waals surface area contributed by atoms with E-state index < -0.39 is 52.6 Å². The number of carboxylic acid groups (broad SMARTS) is 1. The van der Waals surface area contributed by atoms with Crippen molar-refractivity contribution in [3.05, 3.63) is 81.0 Å². The summed E-state index contributed by atoms with van der Waals surface area (Å²) in [5.74, 6) is -3.68. The van der Waals surface area contributed by atoms with Gasteiger partial charge in [0.25, 0.3) is 11.8 Å². The number of benzene rings is 1. The van der Waals surface area contributed by atoms with Crippen LogP contribution in [0.15, 0.2) is 58.7 Å². The van der Waals surface area contributed by atoms with Crippen molar-refractivity contribution < 1.29 is 33.8 Å². The SMILES string of the molecule is COc1ccc2[nH]cc(C(=O)NC(C(=O)NC3C(=O)N4C(C(=O)O)=C(C(=S)c5nnnn5C)CS[C@@H]34)c3cccc(NC(N)=O)c3)c(=O)c2n1. The van der Waals surface area contributed by atoms with Gasteiger partial charge in [-0.1, -0.05) is 24.4 Å². The molecule has 0 bridgehead atoms. The highest BCUT2D eigenvalue weighted by Gasteiger charge is 2.55. The van der Waals surface area contributed by atoms with Crippen LogP contribution in [0.3, 0.4) is 0 Å². The van der Waals surface area contributed by atoms with Crippen LogP contribution in [0.5, 0.6) is 5.88 Å². The van der Waals surface area contributed by atoms with Gasteiger partial charge in [0, 0.05) is 36.3 Å². The number of pyridine rings is 2. The number of β-lactam (4-membered cyclic amide) rings is 1. The number of rotatable bonds is 10. The lowest BCUT2D eigenvalue weighted by molar-refractivity contribution is -0.150. The number of thiocarbonyl (C=S) groups is 1. The largest absolute Gasteiger partial charge is 0.481 e. The van der Waals surface area contributed by atoms with Crippen LogP contribution in [-0.4, -0.2) is 99.0 Å². The molecule has 19 nitrogen and oxygen atoms in total. The first-order chi connectivity index (χ1) is 23.9. The van der Waals surface area contributed by atoms with E-state index in [2.05, 4.69) is 41.4 Å². The monoisotopic (exact) mass is 719 g/mol. The Bertz CT molecular complexity index is 2220. The number of tetrazole rings is 1. The number of fused-ring (bicyclic) bond motifs is 2. The van der Waals surface area contributed by atoms with E-state index in [0.29, 0.717) is 5.52 Å². The Hall–Kier alpha value is -6.22. The summed E-state index contributed by atoms with van der Waals surface area (Å²) >= 11 is 6.62. The number of nitrogens with two attached hydrogens (primary N) is 1. The minimum absolute atomic E-state index is 0.0469. The molecular formula is C29H25N11O8S2. The van der Waals surface area contributed by atoms with Crippen LogP contribution in [-0.2, 0) is 21.4 Å². The van der Waals surface area contributed by atoms with Gasteiger partial charge in [0.1, 0.15) is 34.2 Å². The number of urea groups is 1. The molecule has 2 unspecified atom stereocenters. The molecule has 3 aromatic heterocycles. The zero-order valence-corrected chi connectivity index (χ0v) is 27.5. The molecule has 5 heterocycles. The number of anilines is 1. The third-order valence-electron chi connectivity index (χ3n) is 7.75. The third kappa shape index (κ3) is 6.09. The number of hydrogen-bond donors (Lipinski definition) is 6. The van der Waals surface area contributed by atoms with Crippen molar-refractivity contribution in [2.24, 2.45) is 12.8 Å². The van der Waals surface area contributed by atoms with Crippen LogP contribution in [0.25, 0.3) is 11.0 Å². The minimum Gasteiger partial charge on any atom is -0.481 e. The fraction of sp³-hybridized carbons (Fsp3) is 0.207. The predicted molar refractivity (Wildman–Crippen MR) is 179 cm³/mol. The Morgan fingerprint density at radius 2 is 1.98 bits per heavy atom. The van der Waals surface area contributed by atoms with Gasteiger partial charge < -0.3 is 36.5 Å². The summed E-state index contributed by atoms with van der Waals surface area (Å²) in [5.41, 5.74) is 4.49. The molecule has 0 saturated carbocycles. The van der Waals surface area contributed by atoms with Crippen molar-refractivity contribution >= 4 is 75.3 Å². The van der Waals surface area contributed by atoms with Crippen LogP contribution in [0.1, 0.15) is 27.8 Å². The average Bonchev–Trinajstić information content (AvgIpc) is 3.53. The smallest absolute Gasteiger partial charge is 0.353 e. The number of H-pyrrole nitrogens is 1. The topological polar surface area (TPSA) is 270 Å². The predicted octanol–water partition coefficient (Wildman–Crippen LogP) is -0.426. The second kappa shape index (κ2) is 13.4. The summed E-state index contributed by atoms with van der Waals surface area (Å²) in [6.07, 6.45) is 1.17. The zero-order chi connectivity index (χ0) is 35.9. The molecule has 1 saturated heterocycles. The fourth-order valence-corrected chi connectivity index (χ4v) is 7.18. The molecule has 0 radical (unpaired) electrons. The van der Waals surface area contributed by atoms with E-state index in [0.717, 1.165) is 16.7 Å². The second-order valence-electron chi connectivity index (χ2n) is 10.8. The van der Waals surface area contributed by atoms with E-state index in [-0.39, 0.29) is 55.9 Å². The number of carboxylic acids is 1. The van der Waals surface area contributed by atoms with Crippen molar-refractivity contribution in [1.29, 1.82) is 0 Å². The summed E-state index contributed by atoms with van der Waals surface area (Å²) in [6, 6.07) is 5.27. The maximum atomic E-state index is 13.9. The molecule has 21 heteroatoms. The summed E-state index contributed by atoms with van der Waals surface area (Å²) in [5, 5.41) is 27.8. The highest BCUT2D eigenvalue weighted by molar-refractivity contribution is 8.00. The molecule has 50 heavy (non-hydrogen) atoms. The van der Waals surface area contributed by atoms with Gasteiger partial charge in [0.15, 0.2) is 5.82 Å². The van der Waals surface area contributed by atoms with E-state index in [1.807, 2.05) is 0 Å². The number of hydrogen-bond acceptors (Lipinski definition) is 13. The summed E-state index contributed by atoms with van der Waals surface area (Å²) in [6.45, 7) is 0. The minimum atomic E-state index is -1.53. The molecule has 0 spiro atoms. The number of aryl methyl sites for hydroxylation is 1. The molecule has 3 atom stereocenters. The second-order valence-corrected chi connectivity index (χ2v) is 12.3. The van der Waals surface area contributed by atoms with Crippen LogP contribution >= 0.6 is 24.0 Å². The Morgan fingerprint density at radius 3 is 2.66 bits per heavy atom. The van der Waals surface area contributed by atoms with Gasteiger partial charge in [-0.25, -0.2) is 19.3 Å². The number of nitrogens with zero attached hydrogens (tertiary/aromatic N) is 6. The summed E-state index contributed by atoms with van der Waals surface area (Å²) in [4.78, 5) is 86.2. The maximum Gasteiger partial charge on any atom is 0.353 e. The Labute approximate surface area is 289 Å². The van der Waals surface area contributed by atoms with E-state index in [9.17, 15) is 33.9 Å². The van der Waals surface area contributed by atoms with Gasteiger partial charge in [0.2, 0.25) is 17.2 Å². The van der Waals surface area contributed by atoms with Gasteiger partial charge in [-0.2, -0.15) is 0 Å². The number of thioether (sulfide) groups is 1. The molecule has 1 fully saturated rings. The quantitative estimate of drug-likeness (QED) is 0.0690. The normalized spacial score (nSPS) is 17.3. The summed E-state index contributed by atoms with van der Waals surface area (Å²) < 4.78 is 6.36. The fourth-order valence-electron chi connectivity index (χ4n) is 5.39. The van der Waals surface area contributed by atoms with Gasteiger partial charge in [-0.15, -0.1) is 16.9 Å². The first-order valence-corrected chi connectivity index (χ1v) is 15.9. The highest BCUT2D eigenvalue weighted by atomic mass is 32.2. The number of nitrogens with one attached hydrogen (secondary N) is 4. The van der Waals surface area contributed by atoms with Gasteiger partial charge in [-0.05, 0) is 34.2 Å². The number of aliphatic carboxylic acids is 1. The van der Waals surface area contributed by atoms with E-state index in [1.54, 1.807) is 6.07 Å². The van der Waals surface area contributed by atoms with Crippen molar-refractivity contribution in [3.63, 3.8) is 0 Å². The van der Waals surface area contributed by atoms with Crippen molar-refractivity contribution in [2.75, 3.05) is 18.2 Å². The number of aromatic amines is 1. The number of amides is 5. The van der Waals surface area contributed by atoms with Crippen molar-refractivity contribution in [1.82, 2.24) is 45.7 Å². The number of methoxy groups -OCH3 is 1. The van der Waals surface area contributed by atoms with Crippen LogP contribution in [0.2, 0.25) is 0 Å². The highest BCUT2D eigenvalue weighted by Crippen LogP contribution is 2.41. The number of carbonyl (C=O) groups excluding carboxylic acids is 4. The zero-order valence-electron chi connectivity index (χ0n) is 25.9.